The van der Waals surface area contributed by atoms with Crippen LogP contribution in [0.15, 0.2) is 18.2 Å². The molecule has 0 aliphatic carbocycles. The molecule has 1 aliphatic heterocycles. The predicted octanol–water partition coefficient (Wildman–Crippen LogP) is 2.50. The third-order valence-corrected chi connectivity index (χ3v) is 4.27. The van der Waals surface area contributed by atoms with Gasteiger partial charge in [0.05, 0.1) is 0 Å². The van der Waals surface area contributed by atoms with E-state index in [2.05, 4.69) is 0 Å². The molecule has 126 valence electrons. The predicted molar refractivity (Wildman–Crippen MR) is 87.6 cm³/mol. The van der Waals surface area contributed by atoms with E-state index >= 15 is 0 Å². The van der Waals surface area contributed by atoms with Crippen molar-refractivity contribution in [2.45, 2.75) is 58.8 Å². The van der Waals surface area contributed by atoms with Gasteiger partial charge in [-0.25, -0.2) is 0 Å². The van der Waals surface area contributed by atoms with E-state index in [1.165, 1.54) is 6.92 Å². The first-order valence-electron chi connectivity index (χ1n) is 7.90. The van der Waals surface area contributed by atoms with E-state index in [0.717, 1.165) is 11.3 Å². The van der Waals surface area contributed by atoms with Crippen molar-refractivity contribution in [2.75, 3.05) is 0 Å². The van der Waals surface area contributed by atoms with Crippen molar-refractivity contribution in [3.05, 3.63) is 29.3 Å². The van der Waals surface area contributed by atoms with Gasteiger partial charge in [-0.05, 0) is 50.5 Å². The van der Waals surface area contributed by atoms with E-state index in [1.807, 2.05) is 27.7 Å². The van der Waals surface area contributed by atoms with Crippen molar-refractivity contribution in [3.8, 4) is 5.75 Å². The second kappa shape index (κ2) is 6.32. The molecule has 1 unspecified atom stereocenters. The molecule has 0 fully saturated rings. The first kappa shape index (κ1) is 17.5. The van der Waals surface area contributed by atoms with Gasteiger partial charge in [0.25, 0.3) is 0 Å². The van der Waals surface area contributed by atoms with Crippen molar-refractivity contribution in [2.24, 2.45) is 11.7 Å². The quantitative estimate of drug-likeness (QED) is 0.681. The van der Waals surface area contributed by atoms with E-state index < -0.39 is 23.7 Å². The fourth-order valence-electron chi connectivity index (χ4n) is 2.53. The van der Waals surface area contributed by atoms with Crippen LogP contribution in [0, 0.1) is 5.92 Å². The molecule has 1 aromatic carbocycles. The highest BCUT2D eigenvalue weighted by Crippen LogP contribution is 2.35. The molecule has 2 N–H and O–H groups in total. The maximum absolute atomic E-state index is 12.2. The number of esters is 1. The number of carbonyl (C=O) groups is 2. The second-order valence-corrected chi connectivity index (χ2v) is 6.98. The summed E-state index contributed by atoms with van der Waals surface area (Å²) in [5, 5.41) is 0. The Labute approximate surface area is 137 Å². The lowest BCUT2D eigenvalue weighted by molar-refractivity contribution is -0.163. The molecule has 0 spiro atoms. The standard InChI is InChI=1S/C18H25NO4/c1-10(2)16(19)17(21)22-15-9-13-8-12(11(3)20)6-7-14(13)23-18(15,4)5/h6-8,10,15-16H,9,19H2,1-5H3/t15-,16?/m1/s1. The summed E-state index contributed by atoms with van der Waals surface area (Å²) >= 11 is 0. The van der Waals surface area contributed by atoms with Crippen LogP contribution in [-0.2, 0) is 16.0 Å². The van der Waals surface area contributed by atoms with Crippen LogP contribution in [-0.4, -0.2) is 29.5 Å². The maximum atomic E-state index is 12.2. The smallest absolute Gasteiger partial charge is 0.323 e. The molecule has 5 nitrogen and oxygen atoms in total. The average molecular weight is 319 g/mol. The molecule has 0 radical (unpaired) electrons. The summed E-state index contributed by atoms with van der Waals surface area (Å²) in [4.78, 5) is 23.7. The Morgan fingerprint density at radius 2 is 2.00 bits per heavy atom. The van der Waals surface area contributed by atoms with Crippen LogP contribution in [0.4, 0.5) is 0 Å². The minimum atomic E-state index is -0.657. The maximum Gasteiger partial charge on any atom is 0.323 e. The zero-order valence-corrected chi connectivity index (χ0v) is 14.4. The molecule has 23 heavy (non-hydrogen) atoms. The van der Waals surface area contributed by atoms with Crippen LogP contribution < -0.4 is 10.5 Å². The van der Waals surface area contributed by atoms with E-state index in [-0.39, 0.29) is 11.7 Å². The summed E-state index contributed by atoms with van der Waals surface area (Å²) in [5.74, 6) is 0.299. The minimum Gasteiger partial charge on any atom is -0.484 e. The topological polar surface area (TPSA) is 78.6 Å². The summed E-state index contributed by atoms with van der Waals surface area (Å²) < 4.78 is 11.6. The molecule has 1 aliphatic rings. The fraction of sp³-hybridized carbons (Fsp3) is 0.556. The van der Waals surface area contributed by atoms with Crippen LogP contribution >= 0.6 is 0 Å². The summed E-state index contributed by atoms with van der Waals surface area (Å²) in [5.41, 5.74) is 6.70. The zero-order valence-electron chi connectivity index (χ0n) is 14.4. The van der Waals surface area contributed by atoms with Crippen LogP contribution in [0.3, 0.4) is 0 Å². The lowest BCUT2D eigenvalue weighted by Gasteiger charge is -2.39. The van der Waals surface area contributed by atoms with Crippen LogP contribution in [0.5, 0.6) is 5.75 Å². The number of ketones is 1. The summed E-state index contributed by atoms with van der Waals surface area (Å²) in [6.45, 7) is 9.04. The Kier molecular flexibility index (Phi) is 4.80. The lowest BCUT2D eigenvalue weighted by atomic mass is 9.89. The summed E-state index contributed by atoms with van der Waals surface area (Å²) in [6, 6.07) is 4.69. The van der Waals surface area contributed by atoms with Gasteiger partial charge in [0, 0.05) is 12.0 Å². The largest absolute Gasteiger partial charge is 0.484 e. The highest BCUT2D eigenvalue weighted by Gasteiger charge is 2.40. The van der Waals surface area contributed by atoms with Crippen molar-refractivity contribution in [1.29, 1.82) is 0 Å². The fourth-order valence-corrected chi connectivity index (χ4v) is 2.53. The van der Waals surface area contributed by atoms with E-state index in [0.29, 0.717) is 12.0 Å². The third kappa shape index (κ3) is 3.72. The number of fused-ring (bicyclic) bond motifs is 1. The van der Waals surface area contributed by atoms with Gasteiger partial charge >= 0.3 is 5.97 Å². The number of Topliss-reactive ketones (excluding diaryl/α,β-unsaturated/α-hetero) is 1. The molecular weight excluding hydrogens is 294 g/mol. The van der Waals surface area contributed by atoms with Crippen molar-refractivity contribution in [3.63, 3.8) is 0 Å². The first-order valence-corrected chi connectivity index (χ1v) is 7.90. The van der Waals surface area contributed by atoms with Gasteiger partial charge in [-0.1, -0.05) is 13.8 Å². The monoisotopic (exact) mass is 319 g/mol. The van der Waals surface area contributed by atoms with Crippen LogP contribution in [0.1, 0.15) is 50.5 Å². The molecule has 0 aromatic heterocycles. The normalized spacial score (nSPS) is 20.4. The minimum absolute atomic E-state index is 0.00622. The number of benzene rings is 1. The second-order valence-electron chi connectivity index (χ2n) is 6.98. The number of hydrogen-bond acceptors (Lipinski definition) is 5. The molecule has 0 saturated carbocycles. The van der Waals surface area contributed by atoms with Crippen molar-refractivity contribution < 1.29 is 19.1 Å². The number of carbonyl (C=O) groups excluding carboxylic acids is 2. The molecule has 1 aromatic rings. The molecule has 0 saturated heterocycles. The van der Waals surface area contributed by atoms with E-state index in [1.54, 1.807) is 18.2 Å². The highest BCUT2D eigenvalue weighted by atomic mass is 16.6. The Hall–Kier alpha value is -1.88. The Bertz CT molecular complexity index is 621. The van der Waals surface area contributed by atoms with Gasteiger partial charge in [0.15, 0.2) is 5.78 Å². The lowest BCUT2D eigenvalue weighted by Crippen LogP contribution is -2.51. The van der Waals surface area contributed by atoms with Crippen LogP contribution in [0.2, 0.25) is 0 Å². The molecule has 0 amide bonds. The van der Waals surface area contributed by atoms with Gasteiger partial charge in [0.2, 0.25) is 0 Å². The van der Waals surface area contributed by atoms with Gasteiger partial charge in [-0.2, -0.15) is 0 Å². The SMILES string of the molecule is CC(=O)c1ccc2c(c1)C[C@@H](OC(=O)C(N)C(C)C)C(C)(C)O2. The van der Waals surface area contributed by atoms with Crippen LogP contribution in [0.25, 0.3) is 0 Å². The van der Waals surface area contributed by atoms with Gasteiger partial charge in [-0.3, -0.25) is 9.59 Å². The molecule has 0 bridgehead atoms. The Balaban J connectivity index is 2.24. The first-order chi connectivity index (χ1) is 10.6. The van der Waals surface area contributed by atoms with Gasteiger partial charge in [0.1, 0.15) is 23.5 Å². The molecule has 5 heteroatoms. The number of ether oxygens (including phenoxy) is 2. The Morgan fingerprint density at radius 1 is 1.35 bits per heavy atom. The number of nitrogens with two attached hydrogens (primary N) is 1. The molecular formula is C18H25NO4. The number of hydrogen-bond donors (Lipinski definition) is 1. The average Bonchev–Trinajstić information content (AvgIpc) is 2.45. The Morgan fingerprint density at radius 3 is 2.57 bits per heavy atom. The number of rotatable bonds is 4. The van der Waals surface area contributed by atoms with Gasteiger partial charge < -0.3 is 15.2 Å². The van der Waals surface area contributed by atoms with Gasteiger partial charge in [-0.15, -0.1) is 0 Å². The van der Waals surface area contributed by atoms with E-state index in [4.69, 9.17) is 15.2 Å². The summed E-state index contributed by atoms with van der Waals surface area (Å²) in [7, 11) is 0. The molecule has 2 rings (SSSR count). The van der Waals surface area contributed by atoms with Crippen molar-refractivity contribution in [1.82, 2.24) is 0 Å². The third-order valence-electron chi connectivity index (χ3n) is 4.27. The van der Waals surface area contributed by atoms with Crippen molar-refractivity contribution >= 4 is 11.8 Å². The zero-order chi connectivity index (χ0) is 17.4. The summed E-state index contributed by atoms with van der Waals surface area (Å²) in [6.07, 6.45) is 0.0505. The highest BCUT2D eigenvalue weighted by molar-refractivity contribution is 5.94. The molecule has 1 heterocycles. The molecule has 2 atom stereocenters. The van der Waals surface area contributed by atoms with E-state index in [9.17, 15) is 9.59 Å².